The maximum absolute atomic E-state index is 12.8. The number of hydrogen-bond acceptors (Lipinski definition) is 5. The molecule has 0 radical (unpaired) electrons. The third kappa shape index (κ3) is 5.34. The van der Waals surface area contributed by atoms with Gasteiger partial charge in [0, 0.05) is 21.5 Å². The number of para-hydroxylation sites is 1. The van der Waals surface area contributed by atoms with E-state index in [1.807, 2.05) is 36.4 Å². The second-order valence-electron chi connectivity index (χ2n) is 7.02. The summed E-state index contributed by atoms with van der Waals surface area (Å²) in [6.45, 7) is -0.572. The fraction of sp³-hybridized carbons (Fsp3) is 0.0400. The van der Waals surface area contributed by atoms with Gasteiger partial charge in [0.1, 0.15) is 0 Å². The van der Waals surface area contributed by atoms with E-state index in [0.717, 1.165) is 5.56 Å². The van der Waals surface area contributed by atoms with E-state index in [9.17, 15) is 14.4 Å². The average Bonchev–Trinajstić information content (AvgIpc) is 2.86. The molecule has 0 saturated carbocycles. The predicted molar refractivity (Wildman–Crippen MR) is 125 cm³/mol. The van der Waals surface area contributed by atoms with Crippen LogP contribution in [0.25, 0.3) is 22.2 Å². The first-order chi connectivity index (χ1) is 16.0. The highest BCUT2D eigenvalue weighted by atomic mass is 35.5. The van der Waals surface area contributed by atoms with Crippen LogP contribution in [0.5, 0.6) is 0 Å². The first-order valence-electron chi connectivity index (χ1n) is 9.98. The summed E-state index contributed by atoms with van der Waals surface area (Å²) >= 11 is 5.79. The van der Waals surface area contributed by atoms with E-state index in [2.05, 4.69) is 15.8 Å². The summed E-state index contributed by atoms with van der Waals surface area (Å²) in [5, 5.41) is 1.10. The van der Waals surface area contributed by atoms with Crippen molar-refractivity contribution in [3.8, 4) is 11.3 Å². The number of pyridine rings is 1. The van der Waals surface area contributed by atoms with Gasteiger partial charge >= 0.3 is 5.97 Å². The molecule has 0 bridgehead atoms. The fourth-order valence-electron chi connectivity index (χ4n) is 3.15. The van der Waals surface area contributed by atoms with Gasteiger partial charge in [-0.1, -0.05) is 60.1 Å². The lowest BCUT2D eigenvalue weighted by atomic mass is 10.0. The molecule has 0 saturated heterocycles. The van der Waals surface area contributed by atoms with Gasteiger partial charge in [0.05, 0.1) is 16.8 Å². The number of benzene rings is 3. The van der Waals surface area contributed by atoms with Gasteiger partial charge in [0.25, 0.3) is 11.8 Å². The van der Waals surface area contributed by atoms with Crippen molar-refractivity contribution in [2.45, 2.75) is 0 Å². The lowest BCUT2D eigenvalue weighted by Gasteiger charge is -2.11. The number of carbonyl (C=O) groups is 3. The van der Waals surface area contributed by atoms with Crippen LogP contribution in [0.4, 0.5) is 0 Å². The minimum Gasteiger partial charge on any atom is -0.452 e. The van der Waals surface area contributed by atoms with Crippen molar-refractivity contribution in [3.05, 3.63) is 101 Å². The number of aromatic nitrogens is 1. The molecular formula is C25H18ClN3O4. The van der Waals surface area contributed by atoms with E-state index in [-0.39, 0.29) is 5.56 Å². The zero-order valence-electron chi connectivity index (χ0n) is 17.2. The number of carbonyl (C=O) groups excluding carboxylic acids is 3. The molecule has 164 valence electrons. The highest BCUT2D eigenvalue weighted by molar-refractivity contribution is 6.30. The molecule has 0 fully saturated rings. The number of nitrogens with one attached hydrogen (secondary N) is 2. The third-order valence-corrected chi connectivity index (χ3v) is 5.01. The van der Waals surface area contributed by atoms with Crippen LogP contribution in [0.1, 0.15) is 20.7 Å². The standard InChI is InChI=1S/C25H18ClN3O4/c26-18-12-10-17(11-13-18)24(31)29-28-23(30)15-33-25(32)20-14-22(16-6-2-1-3-7-16)27-21-9-5-4-8-19(20)21/h1-14H,15H2,(H,28,30)(H,29,31). The number of rotatable bonds is 5. The Kier molecular flexibility index (Phi) is 6.61. The van der Waals surface area contributed by atoms with Gasteiger partial charge < -0.3 is 4.74 Å². The highest BCUT2D eigenvalue weighted by Gasteiger charge is 2.17. The summed E-state index contributed by atoms with van der Waals surface area (Å²) < 4.78 is 5.20. The summed E-state index contributed by atoms with van der Waals surface area (Å²) in [5.74, 6) is -1.89. The van der Waals surface area contributed by atoms with E-state index in [1.54, 1.807) is 36.4 Å². The molecule has 0 atom stereocenters. The number of hydrogen-bond donors (Lipinski definition) is 2. The number of ether oxygens (including phenoxy) is 1. The van der Waals surface area contributed by atoms with Gasteiger partial charge in [-0.2, -0.15) is 0 Å². The van der Waals surface area contributed by atoms with Crippen LogP contribution < -0.4 is 10.9 Å². The quantitative estimate of drug-likeness (QED) is 0.345. The summed E-state index contributed by atoms with van der Waals surface area (Å²) in [6, 6.07) is 24.4. The second-order valence-corrected chi connectivity index (χ2v) is 7.46. The Morgan fingerprint density at radius 1 is 0.848 bits per heavy atom. The third-order valence-electron chi connectivity index (χ3n) is 4.76. The Morgan fingerprint density at radius 3 is 2.30 bits per heavy atom. The van der Waals surface area contributed by atoms with Gasteiger partial charge in [-0.3, -0.25) is 20.4 Å². The molecule has 4 aromatic rings. The van der Waals surface area contributed by atoms with Gasteiger partial charge in [0.2, 0.25) is 0 Å². The number of nitrogens with zero attached hydrogens (tertiary/aromatic N) is 1. The average molecular weight is 460 g/mol. The van der Waals surface area contributed by atoms with E-state index in [0.29, 0.717) is 27.2 Å². The number of fused-ring (bicyclic) bond motifs is 1. The van der Waals surface area contributed by atoms with Gasteiger partial charge in [-0.05, 0) is 36.4 Å². The molecule has 4 rings (SSSR count). The lowest BCUT2D eigenvalue weighted by molar-refractivity contribution is -0.125. The Balaban J connectivity index is 1.43. The van der Waals surface area contributed by atoms with Crippen LogP contribution in [-0.2, 0) is 9.53 Å². The molecule has 0 aliphatic carbocycles. The molecule has 1 heterocycles. The Morgan fingerprint density at radius 2 is 1.55 bits per heavy atom. The topological polar surface area (TPSA) is 97.4 Å². The smallest absolute Gasteiger partial charge is 0.339 e. The van der Waals surface area contributed by atoms with Crippen molar-refractivity contribution in [2.75, 3.05) is 6.61 Å². The second kappa shape index (κ2) is 9.93. The molecule has 33 heavy (non-hydrogen) atoms. The normalized spacial score (nSPS) is 10.5. The molecular weight excluding hydrogens is 442 g/mol. The van der Waals surface area contributed by atoms with Crippen molar-refractivity contribution >= 4 is 40.3 Å². The van der Waals surface area contributed by atoms with Crippen LogP contribution in [0.3, 0.4) is 0 Å². The summed E-state index contributed by atoms with van der Waals surface area (Å²) in [7, 11) is 0. The summed E-state index contributed by atoms with van der Waals surface area (Å²) in [5.41, 5.74) is 7.17. The molecule has 0 unspecified atom stereocenters. The maximum Gasteiger partial charge on any atom is 0.339 e. The Bertz CT molecular complexity index is 1320. The molecule has 0 spiro atoms. The number of esters is 1. The van der Waals surface area contributed by atoms with E-state index >= 15 is 0 Å². The van der Waals surface area contributed by atoms with Gasteiger partial charge in [-0.15, -0.1) is 0 Å². The molecule has 1 aromatic heterocycles. The van der Waals surface area contributed by atoms with E-state index in [4.69, 9.17) is 16.3 Å². The van der Waals surface area contributed by atoms with Crippen LogP contribution >= 0.6 is 11.6 Å². The molecule has 8 heteroatoms. The van der Waals surface area contributed by atoms with Crippen molar-refractivity contribution < 1.29 is 19.1 Å². The monoisotopic (exact) mass is 459 g/mol. The molecule has 0 aliphatic rings. The van der Waals surface area contributed by atoms with Crippen LogP contribution in [0.2, 0.25) is 5.02 Å². The Labute approximate surface area is 194 Å². The predicted octanol–water partition coefficient (Wildman–Crippen LogP) is 4.17. The van der Waals surface area contributed by atoms with E-state index in [1.165, 1.54) is 12.1 Å². The fourth-order valence-corrected chi connectivity index (χ4v) is 3.27. The molecule has 2 amide bonds. The van der Waals surface area contributed by atoms with Crippen LogP contribution in [0.15, 0.2) is 84.9 Å². The minimum atomic E-state index is -0.688. The highest BCUT2D eigenvalue weighted by Crippen LogP contribution is 2.25. The molecule has 7 nitrogen and oxygen atoms in total. The summed E-state index contributed by atoms with van der Waals surface area (Å²) in [4.78, 5) is 41.6. The number of hydrazine groups is 1. The summed E-state index contributed by atoms with van der Waals surface area (Å²) in [6.07, 6.45) is 0. The Hall–Kier alpha value is -4.23. The van der Waals surface area contributed by atoms with Crippen molar-refractivity contribution in [2.24, 2.45) is 0 Å². The zero-order valence-corrected chi connectivity index (χ0v) is 18.0. The van der Waals surface area contributed by atoms with Crippen LogP contribution in [0, 0.1) is 0 Å². The van der Waals surface area contributed by atoms with Gasteiger partial charge in [0.15, 0.2) is 6.61 Å². The first-order valence-corrected chi connectivity index (χ1v) is 10.4. The van der Waals surface area contributed by atoms with Gasteiger partial charge in [-0.25, -0.2) is 9.78 Å². The molecule has 0 aliphatic heterocycles. The molecule has 3 aromatic carbocycles. The van der Waals surface area contributed by atoms with Crippen molar-refractivity contribution in [1.82, 2.24) is 15.8 Å². The number of halogens is 1. The first kappa shape index (κ1) is 22.0. The van der Waals surface area contributed by atoms with E-state index < -0.39 is 24.4 Å². The van der Waals surface area contributed by atoms with Crippen LogP contribution in [-0.4, -0.2) is 29.4 Å². The van der Waals surface area contributed by atoms with Crippen molar-refractivity contribution in [1.29, 1.82) is 0 Å². The maximum atomic E-state index is 12.8. The lowest BCUT2D eigenvalue weighted by Crippen LogP contribution is -2.43. The zero-order chi connectivity index (χ0) is 23.2. The minimum absolute atomic E-state index is 0.289. The SMILES string of the molecule is O=C(COC(=O)c1cc(-c2ccccc2)nc2ccccc12)NNC(=O)c1ccc(Cl)cc1. The largest absolute Gasteiger partial charge is 0.452 e. The molecule has 2 N–H and O–H groups in total. The van der Waals surface area contributed by atoms with Crippen molar-refractivity contribution in [3.63, 3.8) is 0 Å². The number of amides is 2.